The van der Waals surface area contributed by atoms with E-state index in [0.29, 0.717) is 79.4 Å². The molecule has 4 aromatic rings. The van der Waals surface area contributed by atoms with Crippen LogP contribution >= 0.6 is 0 Å². The number of H-pyrrole nitrogens is 1. The van der Waals surface area contributed by atoms with Gasteiger partial charge in [0.05, 0.1) is 27.6 Å². The largest absolute Gasteiger partial charge is 0.382 e. The summed E-state index contributed by atoms with van der Waals surface area (Å²) in [7, 11) is 0. The number of nitrogens with one attached hydrogen (secondary N) is 2. The van der Waals surface area contributed by atoms with Crippen molar-refractivity contribution >= 4 is 39.7 Å². The van der Waals surface area contributed by atoms with Gasteiger partial charge in [-0.1, -0.05) is 0 Å². The molecule has 2 N–H and O–H groups in total. The van der Waals surface area contributed by atoms with Crippen molar-refractivity contribution in [3.63, 3.8) is 0 Å². The standard InChI is InChI=1S/C27H30N8O3/c1-3-38-12-4-9-35-23-14-21-20(31-25(36)17(2)30-21)13-22(23)32-27(35)33-26(37)19-7-10-34(11-8-19)24-6-5-18(15-28)16-29-24/h5-6,13-14,16,19H,3-4,7-12H2,1-2H3,(H,31,36)(H,32,33,37). The van der Waals surface area contributed by atoms with E-state index in [0.717, 1.165) is 17.8 Å². The highest BCUT2D eigenvalue weighted by molar-refractivity contribution is 5.96. The number of amides is 1. The molecule has 1 aliphatic heterocycles. The first-order valence-electron chi connectivity index (χ1n) is 12.9. The number of carbonyl (C=O) groups excluding carboxylic acids is 1. The van der Waals surface area contributed by atoms with Gasteiger partial charge in [0.2, 0.25) is 11.9 Å². The van der Waals surface area contributed by atoms with Crippen LogP contribution in [-0.2, 0) is 16.1 Å². The summed E-state index contributed by atoms with van der Waals surface area (Å²) in [4.78, 5) is 43.9. The highest BCUT2D eigenvalue weighted by Crippen LogP contribution is 2.27. The van der Waals surface area contributed by atoms with Crippen molar-refractivity contribution < 1.29 is 9.53 Å². The zero-order valence-corrected chi connectivity index (χ0v) is 21.5. The zero-order valence-electron chi connectivity index (χ0n) is 21.5. The zero-order chi connectivity index (χ0) is 26.6. The average Bonchev–Trinajstić information content (AvgIpc) is 3.26. The van der Waals surface area contributed by atoms with E-state index in [1.165, 1.54) is 0 Å². The number of hydrogen-bond acceptors (Lipinski definition) is 8. The van der Waals surface area contributed by atoms with Crippen molar-refractivity contribution in [3.8, 4) is 6.07 Å². The lowest BCUT2D eigenvalue weighted by Gasteiger charge is -2.32. The summed E-state index contributed by atoms with van der Waals surface area (Å²) in [6, 6.07) is 9.39. The number of nitrogens with zero attached hydrogens (tertiary/aromatic N) is 6. The Morgan fingerprint density at radius 3 is 2.76 bits per heavy atom. The number of carbonyl (C=O) groups is 1. The number of aromatic amines is 1. The number of rotatable bonds is 8. The number of ether oxygens (including phenoxy) is 1. The number of imidazole rings is 1. The maximum absolute atomic E-state index is 13.3. The van der Waals surface area contributed by atoms with E-state index in [9.17, 15) is 9.59 Å². The lowest BCUT2D eigenvalue weighted by Crippen LogP contribution is -2.38. The van der Waals surface area contributed by atoms with Crippen LogP contribution in [-0.4, -0.2) is 56.7 Å². The van der Waals surface area contributed by atoms with Crippen LogP contribution in [0, 0.1) is 24.2 Å². The van der Waals surface area contributed by atoms with Gasteiger partial charge in [-0.05, 0) is 57.4 Å². The SMILES string of the molecule is CCOCCCn1c(NC(=O)C2CCN(c3ccc(C#N)cn3)CC2)nc2cc3[nH]c(=O)c(C)nc3cc21. The Balaban J connectivity index is 1.35. The van der Waals surface area contributed by atoms with Gasteiger partial charge >= 0.3 is 0 Å². The Labute approximate surface area is 219 Å². The molecule has 1 aromatic carbocycles. The molecule has 0 unspecified atom stereocenters. The normalized spacial score (nSPS) is 14.2. The van der Waals surface area contributed by atoms with Crippen molar-refractivity contribution in [2.75, 3.05) is 36.5 Å². The van der Waals surface area contributed by atoms with Crippen LogP contribution in [0.2, 0.25) is 0 Å². The maximum Gasteiger partial charge on any atom is 0.269 e. The maximum atomic E-state index is 13.3. The van der Waals surface area contributed by atoms with Crippen LogP contribution in [0.25, 0.3) is 22.1 Å². The van der Waals surface area contributed by atoms with E-state index >= 15 is 0 Å². The molecule has 0 bridgehead atoms. The van der Waals surface area contributed by atoms with Crippen LogP contribution in [0.3, 0.4) is 0 Å². The van der Waals surface area contributed by atoms with E-state index in [2.05, 4.69) is 31.2 Å². The average molecular weight is 515 g/mol. The molecule has 0 aliphatic carbocycles. The van der Waals surface area contributed by atoms with Crippen molar-refractivity contribution in [2.45, 2.75) is 39.7 Å². The predicted octanol–water partition coefficient (Wildman–Crippen LogP) is 3.13. The fourth-order valence-corrected chi connectivity index (χ4v) is 4.81. The van der Waals surface area contributed by atoms with Gasteiger partial charge in [-0.15, -0.1) is 0 Å². The smallest absolute Gasteiger partial charge is 0.269 e. The van der Waals surface area contributed by atoms with Crippen molar-refractivity contribution in [2.24, 2.45) is 5.92 Å². The van der Waals surface area contributed by atoms with E-state index in [1.807, 2.05) is 23.6 Å². The fraction of sp³-hybridized carbons (Fsp3) is 0.407. The lowest BCUT2D eigenvalue weighted by molar-refractivity contribution is -0.120. The fourth-order valence-electron chi connectivity index (χ4n) is 4.81. The minimum atomic E-state index is -0.232. The van der Waals surface area contributed by atoms with E-state index in [4.69, 9.17) is 15.0 Å². The number of benzene rings is 1. The van der Waals surface area contributed by atoms with Crippen LogP contribution in [0.1, 0.15) is 37.4 Å². The Morgan fingerprint density at radius 1 is 1.24 bits per heavy atom. The van der Waals surface area contributed by atoms with Gasteiger partial charge < -0.3 is 19.2 Å². The van der Waals surface area contributed by atoms with Crippen molar-refractivity contribution in [3.05, 3.63) is 52.1 Å². The first-order valence-corrected chi connectivity index (χ1v) is 12.9. The van der Waals surface area contributed by atoms with Crippen LogP contribution in [0.4, 0.5) is 11.8 Å². The summed E-state index contributed by atoms with van der Waals surface area (Å²) in [5.74, 6) is 1.08. The molecule has 11 nitrogen and oxygen atoms in total. The highest BCUT2D eigenvalue weighted by atomic mass is 16.5. The highest BCUT2D eigenvalue weighted by Gasteiger charge is 2.27. The Morgan fingerprint density at radius 2 is 2.05 bits per heavy atom. The molecule has 11 heteroatoms. The van der Waals surface area contributed by atoms with Crippen molar-refractivity contribution in [1.29, 1.82) is 5.26 Å². The predicted molar refractivity (Wildman–Crippen MR) is 144 cm³/mol. The van der Waals surface area contributed by atoms with Gasteiger partial charge in [0.15, 0.2) is 0 Å². The molecule has 196 valence electrons. The second-order valence-electron chi connectivity index (χ2n) is 9.41. The molecule has 0 atom stereocenters. The van der Waals surface area contributed by atoms with E-state index in [-0.39, 0.29) is 17.4 Å². The number of aromatic nitrogens is 5. The Kier molecular flexibility index (Phi) is 7.33. The van der Waals surface area contributed by atoms with Gasteiger partial charge in [0, 0.05) is 45.0 Å². The molecule has 4 heterocycles. The molecule has 0 spiro atoms. The summed E-state index contributed by atoms with van der Waals surface area (Å²) >= 11 is 0. The topological polar surface area (TPSA) is 142 Å². The van der Waals surface area contributed by atoms with Gasteiger partial charge in [0.25, 0.3) is 5.56 Å². The minimum Gasteiger partial charge on any atom is -0.382 e. The van der Waals surface area contributed by atoms with Crippen LogP contribution < -0.4 is 15.8 Å². The molecule has 5 rings (SSSR count). The number of nitriles is 1. The van der Waals surface area contributed by atoms with Gasteiger partial charge in [-0.2, -0.15) is 5.26 Å². The molecule has 1 saturated heterocycles. The number of piperidine rings is 1. The molecule has 0 radical (unpaired) electrons. The summed E-state index contributed by atoms with van der Waals surface area (Å²) in [6.07, 6.45) is 3.70. The summed E-state index contributed by atoms with van der Waals surface area (Å²) in [5, 5.41) is 12.1. The Hall–Kier alpha value is -4.30. The van der Waals surface area contributed by atoms with Crippen molar-refractivity contribution in [1.82, 2.24) is 24.5 Å². The van der Waals surface area contributed by atoms with Crippen LogP contribution in [0.5, 0.6) is 0 Å². The first-order chi connectivity index (χ1) is 18.5. The second kappa shape index (κ2) is 11.0. The lowest BCUT2D eigenvalue weighted by atomic mass is 9.96. The second-order valence-corrected chi connectivity index (χ2v) is 9.41. The quantitative estimate of drug-likeness (QED) is 0.342. The minimum absolute atomic E-state index is 0.0641. The third kappa shape index (κ3) is 5.21. The Bertz CT molecular complexity index is 1560. The number of anilines is 2. The molecule has 38 heavy (non-hydrogen) atoms. The molecule has 1 fully saturated rings. The molecule has 1 aliphatic rings. The number of hydrogen-bond donors (Lipinski definition) is 2. The van der Waals surface area contributed by atoms with Crippen LogP contribution in [0.15, 0.2) is 35.3 Å². The third-order valence-electron chi connectivity index (χ3n) is 6.91. The third-order valence-corrected chi connectivity index (χ3v) is 6.91. The number of pyridine rings is 1. The number of fused-ring (bicyclic) bond motifs is 2. The first kappa shape index (κ1) is 25.4. The van der Waals surface area contributed by atoms with Gasteiger partial charge in [0.1, 0.15) is 17.6 Å². The number of aryl methyl sites for hydroxylation is 2. The monoisotopic (exact) mass is 514 g/mol. The molecular weight excluding hydrogens is 484 g/mol. The van der Waals surface area contributed by atoms with E-state index < -0.39 is 0 Å². The summed E-state index contributed by atoms with van der Waals surface area (Å²) < 4.78 is 7.51. The molecule has 1 amide bonds. The van der Waals surface area contributed by atoms with E-state index in [1.54, 1.807) is 25.3 Å². The summed E-state index contributed by atoms with van der Waals surface area (Å²) in [5.41, 5.74) is 3.48. The van der Waals surface area contributed by atoms with Gasteiger partial charge in [-0.25, -0.2) is 15.0 Å². The van der Waals surface area contributed by atoms with Gasteiger partial charge in [-0.3, -0.25) is 14.9 Å². The molecule has 3 aromatic heterocycles. The molecule has 0 saturated carbocycles. The molecular formula is C27H30N8O3. The summed E-state index contributed by atoms with van der Waals surface area (Å²) in [6.45, 7) is 6.90.